The summed E-state index contributed by atoms with van der Waals surface area (Å²) >= 11 is 0. The maximum Gasteiger partial charge on any atom is 0.223 e. The van der Waals surface area contributed by atoms with Crippen molar-refractivity contribution in [2.24, 2.45) is 5.92 Å². The summed E-state index contributed by atoms with van der Waals surface area (Å²) in [5, 5.41) is 3.07. The molecule has 0 radical (unpaired) electrons. The lowest BCUT2D eigenvalue weighted by Gasteiger charge is -2.31. The lowest BCUT2D eigenvalue weighted by Crippen LogP contribution is -2.41. The van der Waals surface area contributed by atoms with Crippen molar-refractivity contribution in [3.63, 3.8) is 0 Å². The Kier molecular flexibility index (Phi) is 4.77. The smallest absolute Gasteiger partial charge is 0.223 e. The van der Waals surface area contributed by atoms with E-state index in [1.54, 1.807) is 18.6 Å². The SMILES string of the molecule is O=C(NCCc1cn2ccccc2n1)C1CCN(c2cnccn2)CC1. The first-order chi connectivity index (χ1) is 12.8. The third-order valence-corrected chi connectivity index (χ3v) is 4.83. The molecular weight excluding hydrogens is 328 g/mol. The average molecular weight is 350 g/mol. The highest BCUT2D eigenvalue weighted by atomic mass is 16.1. The van der Waals surface area contributed by atoms with Gasteiger partial charge in [-0.15, -0.1) is 0 Å². The number of imidazole rings is 1. The van der Waals surface area contributed by atoms with Gasteiger partial charge in [0.15, 0.2) is 0 Å². The summed E-state index contributed by atoms with van der Waals surface area (Å²) in [4.78, 5) is 27.6. The van der Waals surface area contributed by atoms with Crippen LogP contribution in [0.5, 0.6) is 0 Å². The number of carbonyl (C=O) groups excluding carboxylic acids is 1. The minimum atomic E-state index is 0.0731. The van der Waals surface area contributed by atoms with E-state index in [0.29, 0.717) is 6.54 Å². The van der Waals surface area contributed by atoms with E-state index in [4.69, 9.17) is 0 Å². The molecule has 26 heavy (non-hydrogen) atoms. The predicted molar refractivity (Wildman–Crippen MR) is 98.9 cm³/mol. The van der Waals surface area contributed by atoms with Gasteiger partial charge in [-0.05, 0) is 25.0 Å². The monoisotopic (exact) mass is 350 g/mol. The molecule has 1 fully saturated rings. The largest absolute Gasteiger partial charge is 0.355 e. The van der Waals surface area contributed by atoms with Crippen molar-refractivity contribution in [2.45, 2.75) is 19.3 Å². The summed E-state index contributed by atoms with van der Waals surface area (Å²) in [6.45, 7) is 2.29. The zero-order chi connectivity index (χ0) is 17.8. The minimum absolute atomic E-state index is 0.0731. The van der Waals surface area contributed by atoms with Gasteiger partial charge in [-0.1, -0.05) is 6.07 Å². The van der Waals surface area contributed by atoms with Gasteiger partial charge in [0.05, 0.1) is 11.9 Å². The molecule has 4 heterocycles. The Balaban J connectivity index is 1.24. The Bertz CT molecular complexity index is 837. The normalized spacial score (nSPS) is 15.3. The number of nitrogens with zero attached hydrogens (tertiary/aromatic N) is 5. The predicted octanol–water partition coefficient (Wildman–Crippen LogP) is 1.70. The summed E-state index contributed by atoms with van der Waals surface area (Å²) in [6, 6.07) is 5.93. The number of fused-ring (bicyclic) bond motifs is 1. The summed E-state index contributed by atoms with van der Waals surface area (Å²) in [6.07, 6.45) is 11.6. The molecule has 4 rings (SSSR count). The van der Waals surface area contributed by atoms with E-state index in [-0.39, 0.29) is 11.8 Å². The number of hydrogen-bond acceptors (Lipinski definition) is 5. The summed E-state index contributed by atoms with van der Waals surface area (Å²) < 4.78 is 2.00. The van der Waals surface area contributed by atoms with Gasteiger partial charge in [-0.3, -0.25) is 9.78 Å². The fourth-order valence-corrected chi connectivity index (χ4v) is 3.39. The molecular formula is C19H22N6O. The number of pyridine rings is 1. The molecule has 0 atom stereocenters. The molecule has 1 aliphatic rings. The highest BCUT2D eigenvalue weighted by Crippen LogP contribution is 2.21. The van der Waals surface area contributed by atoms with Gasteiger partial charge in [-0.25, -0.2) is 9.97 Å². The molecule has 0 saturated carbocycles. The van der Waals surface area contributed by atoms with Crippen LogP contribution in [-0.4, -0.2) is 44.9 Å². The number of hydrogen-bond donors (Lipinski definition) is 1. The number of carbonyl (C=O) groups is 1. The lowest BCUT2D eigenvalue weighted by molar-refractivity contribution is -0.125. The van der Waals surface area contributed by atoms with Crippen molar-refractivity contribution in [1.29, 1.82) is 0 Å². The van der Waals surface area contributed by atoms with Crippen LogP contribution in [0, 0.1) is 5.92 Å². The van der Waals surface area contributed by atoms with E-state index in [1.165, 1.54) is 0 Å². The molecule has 3 aromatic rings. The first-order valence-electron chi connectivity index (χ1n) is 9.01. The number of rotatable bonds is 5. The third-order valence-electron chi connectivity index (χ3n) is 4.83. The Morgan fingerprint density at radius 1 is 1.23 bits per heavy atom. The van der Waals surface area contributed by atoms with Gasteiger partial charge in [0.2, 0.25) is 5.91 Å². The number of nitrogens with one attached hydrogen (secondary N) is 1. The topological polar surface area (TPSA) is 75.4 Å². The second-order valence-electron chi connectivity index (χ2n) is 6.56. The van der Waals surface area contributed by atoms with Crippen LogP contribution < -0.4 is 10.2 Å². The van der Waals surface area contributed by atoms with E-state index in [1.807, 2.05) is 35.0 Å². The zero-order valence-corrected chi connectivity index (χ0v) is 14.6. The zero-order valence-electron chi connectivity index (χ0n) is 14.6. The molecule has 7 nitrogen and oxygen atoms in total. The fourth-order valence-electron chi connectivity index (χ4n) is 3.39. The van der Waals surface area contributed by atoms with Crippen LogP contribution in [0.3, 0.4) is 0 Å². The first kappa shape index (κ1) is 16.5. The van der Waals surface area contributed by atoms with Crippen molar-refractivity contribution in [3.05, 3.63) is 54.9 Å². The third kappa shape index (κ3) is 3.66. The van der Waals surface area contributed by atoms with E-state index < -0.39 is 0 Å². The van der Waals surface area contributed by atoms with Crippen molar-refractivity contribution in [3.8, 4) is 0 Å². The van der Waals surface area contributed by atoms with Crippen molar-refractivity contribution in [1.82, 2.24) is 24.7 Å². The Hall–Kier alpha value is -2.96. The molecule has 7 heteroatoms. The van der Waals surface area contributed by atoms with Crippen LogP contribution in [0.4, 0.5) is 5.82 Å². The second kappa shape index (κ2) is 7.51. The standard InChI is InChI=1S/C19H22N6O/c26-19(15-5-11-24(12-6-15)18-13-20-8-9-21-18)22-7-4-16-14-25-10-2-1-3-17(25)23-16/h1-3,8-10,13-15H,4-7,11-12H2,(H,22,26). The lowest BCUT2D eigenvalue weighted by atomic mass is 9.96. The average Bonchev–Trinajstić information content (AvgIpc) is 3.11. The molecule has 134 valence electrons. The van der Waals surface area contributed by atoms with Crippen LogP contribution in [0.15, 0.2) is 49.2 Å². The molecule has 1 N–H and O–H groups in total. The molecule has 3 aromatic heterocycles. The van der Waals surface area contributed by atoms with E-state index in [2.05, 4.69) is 25.2 Å². The van der Waals surface area contributed by atoms with E-state index in [0.717, 1.165) is 49.5 Å². The van der Waals surface area contributed by atoms with Crippen LogP contribution in [0.2, 0.25) is 0 Å². The maximum atomic E-state index is 12.4. The Labute approximate surface area is 152 Å². The number of amides is 1. The van der Waals surface area contributed by atoms with Gasteiger partial charge in [0.1, 0.15) is 11.5 Å². The highest BCUT2D eigenvalue weighted by Gasteiger charge is 2.25. The number of aromatic nitrogens is 4. The van der Waals surface area contributed by atoms with Crippen LogP contribution in [0.25, 0.3) is 5.65 Å². The first-order valence-corrected chi connectivity index (χ1v) is 9.01. The van der Waals surface area contributed by atoms with Gasteiger partial charge >= 0.3 is 0 Å². The molecule has 0 aliphatic carbocycles. The Morgan fingerprint density at radius 2 is 2.12 bits per heavy atom. The van der Waals surface area contributed by atoms with Gasteiger partial charge < -0.3 is 14.6 Å². The van der Waals surface area contributed by atoms with Gasteiger partial charge in [-0.2, -0.15) is 0 Å². The van der Waals surface area contributed by atoms with Crippen molar-refractivity contribution >= 4 is 17.4 Å². The molecule has 0 unspecified atom stereocenters. The molecule has 0 bridgehead atoms. The molecule has 0 aromatic carbocycles. The summed E-state index contributed by atoms with van der Waals surface area (Å²) in [5.41, 5.74) is 1.93. The number of piperidine rings is 1. The maximum absolute atomic E-state index is 12.4. The molecule has 1 saturated heterocycles. The minimum Gasteiger partial charge on any atom is -0.355 e. The van der Waals surface area contributed by atoms with Crippen LogP contribution in [-0.2, 0) is 11.2 Å². The van der Waals surface area contributed by atoms with Gasteiger partial charge in [0, 0.05) is 56.8 Å². The Morgan fingerprint density at radius 3 is 2.88 bits per heavy atom. The van der Waals surface area contributed by atoms with Crippen molar-refractivity contribution in [2.75, 3.05) is 24.5 Å². The van der Waals surface area contributed by atoms with E-state index in [9.17, 15) is 4.79 Å². The summed E-state index contributed by atoms with van der Waals surface area (Å²) in [5.74, 6) is 1.11. The highest BCUT2D eigenvalue weighted by molar-refractivity contribution is 5.79. The second-order valence-corrected chi connectivity index (χ2v) is 6.56. The van der Waals surface area contributed by atoms with Crippen LogP contribution in [0.1, 0.15) is 18.5 Å². The number of anilines is 1. The fraction of sp³-hybridized carbons (Fsp3) is 0.368. The van der Waals surface area contributed by atoms with Crippen molar-refractivity contribution < 1.29 is 4.79 Å². The van der Waals surface area contributed by atoms with Gasteiger partial charge in [0.25, 0.3) is 0 Å². The van der Waals surface area contributed by atoms with Crippen LogP contribution >= 0.6 is 0 Å². The quantitative estimate of drug-likeness (QED) is 0.758. The molecule has 0 spiro atoms. The molecule has 1 amide bonds. The molecule has 1 aliphatic heterocycles. The van der Waals surface area contributed by atoms with E-state index >= 15 is 0 Å². The summed E-state index contributed by atoms with van der Waals surface area (Å²) in [7, 11) is 0.